The third kappa shape index (κ3) is 5.55. The summed E-state index contributed by atoms with van der Waals surface area (Å²) in [5, 5.41) is 22.2. The lowest BCUT2D eigenvalue weighted by atomic mass is 10.0. The van der Waals surface area contributed by atoms with Crippen LogP contribution >= 0.6 is 11.8 Å². The van der Waals surface area contributed by atoms with Gasteiger partial charge in [-0.1, -0.05) is 18.2 Å². The second-order valence-corrected chi connectivity index (χ2v) is 9.51. The Kier molecular flexibility index (Phi) is 7.02. The number of aliphatic hydroxyl groups is 1. The molecule has 1 fully saturated rings. The SMILES string of the molecule is CN(C(=O)Cc1ccc2c(c1)NC(=O)CS2)[C@H](CN1CCC(O)C1)c1cccc(C(=O)O)c1. The van der Waals surface area contributed by atoms with Gasteiger partial charge in [-0.15, -0.1) is 11.8 Å². The highest BCUT2D eigenvalue weighted by molar-refractivity contribution is 8.00. The number of amides is 2. The number of rotatable bonds is 7. The Morgan fingerprint density at radius 3 is 2.82 bits per heavy atom. The molecular weight excluding hydrogens is 442 g/mol. The fraction of sp³-hybridized carbons (Fsp3) is 0.375. The predicted octanol–water partition coefficient (Wildman–Crippen LogP) is 2.24. The number of hydrogen-bond acceptors (Lipinski definition) is 6. The average Bonchev–Trinajstić information content (AvgIpc) is 3.21. The van der Waals surface area contributed by atoms with Crippen molar-refractivity contribution >= 4 is 35.2 Å². The summed E-state index contributed by atoms with van der Waals surface area (Å²) in [4.78, 5) is 41.2. The largest absolute Gasteiger partial charge is 0.478 e. The number of aliphatic hydroxyl groups excluding tert-OH is 1. The lowest BCUT2D eigenvalue weighted by Gasteiger charge is -2.32. The first-order valence-corrected chi connectivity index (χ1v) is 11.8. The van der Waals surface area contributed by atoms with Crippen LogP contribution in [0.15, 0.2) is 47.4 Å². The summed E-state index contributed by atoms with van der Waals surface area (Å²) in [5.74, 6) is -0.805. The number of thioether (sulfide) groups is 1. The molecule has 4 rings (SSSR count). The van der Waals surface area contributed by atoms with E-state index in [0.717, 1.165) is 28.3 Å². The number of anilines is 1. The Balaban J connectivity index is 1.55. The highest BCUT2D eigenvalue weighted by Crippen LogP contribution is 2.32. The maximum Gasteiger partial charge on any atom is 0.335 e. The third-order valence-electron chi connectivity index (χ3n) is 6.09. The molecule has 2 amide bonds. The smallest absolute Gasteiger partial charge is 0.335 e. The lowest BCUT2D eigenvalue weighted by molar-refractivity contribution is -0.131. The summed E-state index contributed by atoms with van der Waals surface area (Å²) >= 11 is 1.47. The van der Waals surface area contributed by atoms with Gasteiger partial charge >= 0.3 is 5.97 Å². The standard InChI is InChI=1S/C24H27N3O5S/c1-26(23(30)10-15-5-6-21-19(9-15)25-22(29)14-33-21)20(13-27-8-7-18(28)12-27)16-3-2-4-17(11-16)24(31)32/h2-6,9,11,18,20,28H,7-8,10,12-14H2,1H3,(H,25,29)(H,31,32)/t18?,20-/m1/s1. The first-order valence-electron chi connectivity index (χ1n) is 10.8. The van der Waals surface area contributed by atoms with Gasteiger partial charge in [0.05, 0.1) is 35.6 Å². The summed E-state index contributed by atoms with van der Waals surface area (Å²) in [6.07, 6.45) is 0.445. The van der Waals surface area contributed by atoms with Crippen LogP contribution in [0.1, 0.15) is 33.9 Å². The average molecular weight is 470 g/mol. The van der Waals surface area contributed by atoms with Gasteiger partial charge in [0, 0.05) is 31.6 Å². The molecule has 9 heteroatoms. The number of carbonyl (C=O) groups excluding carboxylic acids is 2. The van der Waals surface area contributed by atoms with E-state index >= 15 is 0 Å². The Labute approximate surface area is 196 Å². The van der Waals surface area contributed by atoms with Crippen LogP contribution in [0.5, 0.6) is 0 Å². The molecule has 2 aliphatic heterocycles. The molecule has 8 nitrogen and oxygen atoms in total. The number of carboxylic acids is 1. The molecule has 0 bridgehead atoms. The van der Waals surface area contributed by atoms with Crippen LogP contribution in [-0.4, -0.2) is 76.3 Å². The van der Waals surface area contributed by atoms with Gasteiger partial charge in [-0.25, -0.2) is 4.79 Å². The van der Waals surface area contributed by atoms with E-state index < -0.39 is 5.97 Å². The van der Waals surface area contributed by atoms with Crippen LogP contribution < -0.4 is 5.32 Å². The minimum absolute atomic E-state index is 0.0562. The van der Waals surface area contributed by atoms with Crippen LogP contribution in [0, 0.1) is 0 Å². The number of β-amino-alcohol motifs (C(OH)–C–C–N with tert-alkyl or cyclic N) is 1. The first kappa shape index (κ1) is 23.3. The fourth-order valence-corrected chi connectivity index (χ4v) is 5.05. The summed E-state index contributed by atoms with van der Waals surface area (Å²) in [5.41, 5.74) is 2.42. The van der Waals surface area contributed by atoms with Crippen molar-refractivity contribution in [3.8, 4) is 0 Å². The second-order valence-electron chi connectivity index (χ2n) is 8.50. The summed E-state index contributed by atoms with van der Waals surface area (Å²) in [6, 6.07) is 11.9. The van der Waals surface area contributed by atoms with E-state index in [1.807, 2.05) is 24.3 Å². The molecule has 1 saturated heterocycles. The summed E-state index contributed by atoms with van der Waals surface area (Å²) in [7, 11) is 1.73. The molecule has 0 aromatic heterocycles. The zero-order chi connectivity index (χ0) is 23.5. The number of hydrogen-bond donors (Lipinski definition) is 3. The topological polar surface area (TPSA) is 110 Å². The minimum atomic E-state index is -1.02. The van der Waals surface area contributed by atoms with Gasteiger partial charge in [-0.3, -0.25) is 14.5 Å². The molecule has 1 unspecified atom stereocenters. The quantitative estimate of drug-likeness (QED) is 0.570. The van der Waals surface area contributed by atoms with Crippen molar-refractivity contribution < 1.29 is 24.6 Å². The molecule has 33 heavy (non-hydrogen) atoms. The predicted molar refractivity (Wildman–Crippen MR) is 125 cm³/mol. The molecule has 0 spiro atoms. The number of aromatic carboxylic acids is 1. The Morgan fingerprint density at radius 2 is 2.09 bits per heavy atom. The van der Waals surface area contributed by atoms with Crippen molar-refractivity contribution in [1.29, 1.82) is 0 Å². The minimum Gasteiger partial charge on any atom is -0.478 e. The van der Waals surface area contributed by atoms with Gasteiger partial charge in [0.2, 0.25) is 11.8 Å². The van der Waals surface area contributed by atoms with Gasteiger partial charge in [-0.2, -0.15) is 0 Å². The number of likely N-dealkylation sites (N-methyl/N-ethyl adjacent to an activating group) is 1. The molecule has 3 N–H and O–H groups in total. The van der Waals surface area contributed by atoms with Crippen molar-refractivity contribution in [1.82, 2.24) is 9.80 Å². The van der Waals surface area contributed by atoms with Crippen molar-refractivity contribution in [2.24, 2.45) is 0 Å². The normalized spacial score (nSPS) is 19.0. The summed E-state index contributed by atoms with van der Waals surface area (Å²) in [6.45, 7) is 1.75. The van der Waals surface area contributed by atoms with E-state index in [1.165, 1.54) is 17.8 Å². The van der Waals surface area contributed by atoms with Gasteiger partial charge < -0.3 is 20.4 Å². The first-order chi connectivity index (χ1) is 15.8. The van der Waals surface area contributed by atoms with Crippen molar-refractivity contribution in [2.75, 3.05) is 37.8 Å². The van der Waals surface area contributed by atoms with E-state index in [4.69, 9.17) is 0 Å². The molecule has 0 aliphatic carbocycles. The molecule has 2 aromatic rings. The lowest BCUT2D eigenvalue weighted by Crippen LogP contribution is -2.39. The molecule has 2 atom stereocenters. The third-order valence-corrected chi connectivity index (χ3v) is 7.16. The van der Waals surface area contributed by atoms with Gasteiger partial charge in [-0.05, 0) is 41.8 Å². The van der Waals surface area contributed by atoms with Crippen LogP contribution in [0.2, 0.25) is 0 Å². The van der Waals surface area contributed by atoms with Crippen molar-refractivity contribution in [3.63, 3.8) is 0 Å². The Hall–Kier alpha value is -2.88. The number of fused-ring (bicyclic) bond motifs is 1. The molecule has 174 valence electrons. The zero-order valence-electron chi connectivity index (χ0n) is 18.4. The van der Waals surface area contributed by atoms with Gasteiger partial charge in [0.25, 0.3) is 0 Å². The molecule has 2 heterocycles. The molecule has 2 aromatic carbocycles. The van der Waals surface area contributed by atoms with Gasteiger partial charge in [0.1, 0.15) is 0 Å². The molecule has 2 aliphatic rings. The van der Waals surface area contributed by atoms with Gasteiger partial charge in [0.15, 0.2) is 0 Å². The second kappa shape index (κ2) is 9.94. The van der Waals surface area contributed by atoms with E-state index in [2.05, 4.69) is 10.2 Å². The number of carboxylic acid groups (broad SMARTS) is 1. The monoisotopic (exact) mass is 469 g/mol. The number of nitrogens with zero attached hydrogens (tertiary/aromatic N) is 2. The van der Waals surface area contributed by atoms with Crippen molar-refractivity contribution in [2.45, 2.75) is 29.9 Å². The van der Waals surface area contributed by atoms with Crippen LogP contribution in [0.3, 0.4) is 0 Å². The Bertz CT molecular complexity index is 1080. The van der Waals surface area contributed by atoms with Crippen LogP contribution in [0.4, 0.5) is 5.69 Å². The van der Waals surface area contributed by atoms with Crippen LogP contribution in [0.25, 0.3) is 0 Å². The highest BCUT2D eigenvalue weighted by Gasteiger charge is 2.29. The number of likely N-dealkylation sites (tertiary alicyclic amines) is 1. The number of carbonyl (C=O) groups is 3. The van der Waals surface area contributed by atoms with E-state index in [-0.39, 0.29) is 35.9 Å². The summed E-state index contributed by atoms with van der Waals surface area (Å²) < 4.78 is 0. The Morgan fingerprint density at radius 1 is 1.27 bits per heavy atom. The van der Waals surface area contributed by atoms with Crippen LogP contribution in [-0.2, 0) is 16.0 Å². The van der Waals surface area contributed by atoms with Crippen molar-refractivity contribution in [3.05, 3.63) is 59.2 Å². The fourth-order valence-electron chi connectivity index (χ4n) is 4.27. The zero-order valence-corrected chi connectivity index (χ0v) is 19.2. The molecular formula is C24H27N3O5S. The number of nitrogens with one attached hydrogen (secondary N) is 1. The molecule has 0 saturated carbocycles. The highest BCUT2D eigenvalue weighted by atomic mass is 32.2. The van der Waals surface area contributed by atoms with E-state index in [0.29, 0.717) is 25.3 Å². The maximum atomic E-state index is 13.3. The molecule has 0 radical (unpaired) electrons. The van der Waals surface area contributed by atoms with E-state index in [9.17, 15) is 24.6 Å². The van der Waals surface area contributed by atoms with E-state index in [1.54, 1.807) is 24.1 Å². The number of benzene rings is 2. The maximum absolute atomic E-state index is 13.3.